The van der Waals surface area contributed by atoms with Gasteiger partial charge < -0.3 is 4.74 Å². The van der Waals surface area contributed by atoms with Gasteiger partial charge in [0.1, 0.15) is 12.1 Å². The van der Waals surface area contributed by atoms with Crippen molar-refractivity contribution in [1.29, 1.82) is 0 Å². The van der Waals surface area contributed by atoms with Crippen LogP contribution in [0.15, 0.2) is 59.8 Å². The summed E-state index contributed by atoms with van der Waals surface area (Å²) >= 11 is 0. The lowest BCUT2D eigenvalue weighted by Gasteiger charge is -2.11. The van der Waals surface area contributed by atoms with E-state index >= 15 is 0 Å². The van der Waals surface area contributed by atoms with Crippen LogP contribution in [0.1, 0.15) is 19.4 Å². The number of benzene rings is 2. The molecule has 1 N–H and O–H groups in total. The van der Waals surface area contributed by atoms with Gasteiger partial charge in [0.25, 0.3) is 0 Å². The number of nitrogens with zero attached hydrogens (tertiary/aromatic N) is 4. The third kappa shape index (κ3) is 4.44. The van der Waals surface area contributed by atoms with E-state index in [-0.39, 0.29) is 17.5 Å². The largest absolute Gasteiger partial charge is 0.491 e. The Morgan fingerprint density at radius 3 is 2.58 bits per heavy atom. The van der Waals surface area contributed by atoms with Gasteiger partial charge in [-0.15, -0.1) is 5.10 Å². The lowest BCUT2D eigenvalue weighted by Crippen LogP contribution is -2.23. The summed E-state index contributed by atoms with van der Waals surface area (Å²) in [5.74, 6) is 0.751. The molecule has 1 heterocycles. The molecule has 2 aromatic carbocycles. The number of nitrogens with one attached hydrogen (secondary N) is 1. The van der Waals surface area contributed by atoms with Gasteiger partial charge in [0.05, 0.1) is 16.7 Å². The average Bonchev–Trinajstić information content (AvgIpc) is 3.16. The Labute approximate surface area is 151 Å². The van der Waals surface area contributed by atoms with Crippen molar-refractivity contribution in [3.05, 3.63) is 60.4 Å². The van der Waals surface area contributed by atoms with E-state index in [2.05, 4.69) is 20.2 Å². The number of hydrogen-bond acceptors (Lipinski definition) is 6. The summed E-state index contributed by atoms with van der Waals surface area (Å²) < 4.78 is 34.7. The molecular formula is C17H19N5O3S. The van der Waals surface area contributed by atoms with Gasteiger partial charge in [-0.25, -0.2) is 17.8 Å². The Morgan fingerprint density at radius 1 is 1.15 bits per heavy atom. The summed E-state index contributed by atoms with van der Waals surface area (Å²) in [4.78, 5) is 0.144. The summed E-state index contributed by atoms with van der Waals surface area (Å²) in [6.45, 7) is 4.08. The highest BCUT2D eigenvalue weighted by Gasteiger charge is 2.15. The van der Waals surface area contributed by atoms with E-state index in [0.717, 1.165) is 11.3 Å². The zero-order chi connectivity index (χ0) is 18.6. The van der Waals surface area contributed by atoms with Gasteiger partial charge in [-0.2, -0.15) is 0 Å². The van der Waals surface area contributed by atoms with Crippen molar-refractivity contribution >= 4 is 10.0 Å². The third-order valence-corrected chi connectivity index (χ3v) is 4.90. The van der Waals surface area contributed by atoms with Crippen molar-refractivity contribution in [3.8, 4) is 11.4 Å². The van der Waals surface area contributed by atoms with E-state index in [1.165, 1.54) is 23.1 Å². The fourth-order valence-corrected chi connectivity index (χ4v) is 3.35. The SMILES string of the molecule is CC(C)Oc1ccc(CNS(=O)(=O)c2cccc(-n3cnnn3)c2)cc1. The molecule has 0 saturated heterocycles. The normalized spacial score (nSPS) is 11.7. The Kier molecular flexibility index (Phi) is 5.29. The Bertz CT molecular complexity index is 954. The van der Waals surface area contributed by atoms with Crippen LogP contribution < -0.4 is 9.46 Å². The molecule has 0 unspecified atom stereocenters. The third-order valence-electron chi connectivity index (χ3n) is 3.50. The first kappa shape index (κ1) is 18.0. The van der Waals surface area contributed by atoms with Gasteiger partial charge in [0.15, 0.2) is 0 Å². The predicted molar refractivity (Wildman–Crippen MR) is 95.4 cm³/mol. The maximum Gasteiger partial charge on any atom is 0.240 e. The number of sulfonamides is 1. The summed E-state index contributed by atoms with van der Waals surface area (Å²) in [6.07, 6.45) is 1.49. The van der Waals surface area contributed by atoms with E-state index < -0.39 is 10.0 Å². The average molecular weight is 373 g/mol. The van der Waals surface area contributed by atoms with Gasteiger partial charge in [0.2, 0.25) is 10.0 Å². The van der Waals surface area contributed by atoms with E-state index in [4.69, 9.17) is 4.74 Å². The van der Waals surface area contributed by atoms with Crippen molar-refractivity contribution in [2.45, 2.75) is 31.4 Å². The van der Waals surface area contributed by atoms with E-state index in [9.17, 15) is 8.42 Å². The van der Waals surface area contributed by atoms with E-state index in [1.807, 2.05) is 38.1 Å². The topological polar surface area (TPSA) is 99.0 Å². The minimum absolute atomic E-state index is 0.0896. The van der Waals surface area contributed by atoms with Crippen molar-refractivity contribution in [1.82, 2.24) is 24.9 Å². The summed E-state index contributed by atoms with van der Waals surface area (Å²) in [5.41, 5.74) is 1.40. The zero-order valence-corrected chi connectivity index (χ0v) is 15.2. The first-order valence-corrected chi connectivity index (χ1v) is 9.51. The molecule has 0 atom stereocenters. The molecule has 0 aliphatic heterocycles. The first-order chi connectivity index (χ1) is 12.4. The van der Waals surface area contributed by atoms with Gasteiger partial charge in [-0.3, -0.25) is 0 Å². The molecule has 0 saturated carbocycles. The van der Waals surface area contributed by atoms with Gasteiger partial charge >= 0.3 is 0 Å². The monoisotopic (exact) mass is 373 g/mol. The Hall–Kier alpha value is -2.78. The second-order valence-corrected chi connectivity index (χ2v) is 7.65. The molecule has 9 heteroatoms. The lowest BCUT2D eigenvalue weighted by atomic mass is 10.2. The molecule has 0 fully saturated rings. The lowest BCUT2D eigenvalue weighted by molar-refractivity contribution is 0.242. The number of hydrogen-bond donors (Lipinski definition) is 1. The number of rotatable bonds is 7. The van der Waals surface area contributed by atoms with Crippen LogP contribution in [0, 0.1) is 0 Å². The molecule has 3 aromatic rings. The molecular weight excluding hydrogens is 354 g/mol. The number of tetrazole rings is 1. The summed E-state index contributed by atoms with van der Waals surface area (Å²) in [6, 6.07) is 13.7. The highest BCUT2D eigenvalue weighted by molar-refractivity contribution is 7.89. The molecule has 0 bridgehead atoms. The van der Waals surface area contributed by atoms with Gasteiger partial charge in [0, 0.05) is 6.54 Å². The van der Waals surface area contributed by atoms with Crippen molar-refractivity contribution in [2.24, 2.45) is 0 Å². The smallest absolute Gasteiger partial charge is 0.240 e. The van der Waals surface area contributed by atoms with Crippen molar-refractivity contribution in [3.63, 3.8) is 0 Å². The van der Waals surface area contributed by atoms with Crippen LogP contribution in [-0.4, -0.2) is 34.7 Å². The van der Waals surface area contributed by atoms with Crippen molar-refractivity contribution < 1.29 is 13.2 Å². The number of ether oxygens (including phenoxy) is 1. The molecule has 3 rings (SSSR count). The fraction of sp³-hybridized carbons (Fsp3) is 0.235. The number of aromatic nitrogens is 4. The minimum atomic E-state index is -3.66. The molecule has 1 aromatic heterocycles. The first-order valence-electron chi connectivity index (χ1n) is 8.03. The van der Waals surface area contributed by atoms with Crippen LogP contribution >= 0.6 is 0 Å². The minimum Gasteiger partial charge on any atom is -0.491 e. The standard InChI is InChI=1S/C17H19N5O3S/c1-13(2)25-16-8-6-14(7-9-16)11-19-26(23,24)17-5-3-4-15(10-17)22-12-18-20-21-22/h3-10,12-13,19H,11H2,1-2H3. The van der Waals surface area contributed by atoms with Crippen LogP contribution in [-0.2, 0) is 16.6 Å². The van der Waals surface area contributed by atoms with Gasteiger partial charge in [-0.1, -0.05) is 18.2 Å². The second kappa shape index (κ2) is 7.63. The van der Waals surface area contributed by atoms with Crippen LogP contribution in [0.2, 0.25) is 0 Å². The molecule has 0 amide bonds. The zero-order valence-electron chi connectivity index (χ0n) is 14.4. The molecule has 0 aliphatic rings. The Morgan fingerprint density at radius 2 is 1.92 bits per heavy atom. The maximum atomic E-state index is 12.5. The Balaban J connectivity index is 1.70. The second-order valence-electron chi connectivity index (χ2n) is 5.89. The highest BCUT2D eigenvalue weighted by atomic mass is 32.2. The summed E-state index contributed by atoms with van der Waals surface area (Å²) in [7, 11) is -3.66. The molecule has 26 heavy (non-hydrogen) atoms. The van der Waals surface area contributed by atoms with E-state index in [1.54, 1.807) is 12.1 Å². The predicted octanol–water partition coefficient (Wildman–Crippen LogP) is 1.93. The van der Waals surface area contributed by atoms with Crippen LogP contribution in [0.4, 0.5) is 0 Å². The van der Waals surface area contributed by atoms with Gasteiger partial charge in [-0.05, 0) is 60.2 Å². The van der Waals surface area contributed by atoms with E-state index in [0.29, 0.717) is 5.69 Å². The fourth-order valence-electron chi connectivity index (χ4n) is 2.29. The highest BCUT2D eigenvalue weighted by Crippen LogP contribution is 2.16. The van der Waals surface area contributed by atoms with Crippen LogP contribution in [0.25, 0.3) is 5.69 Å². The van der Waals surface area contributed by atoms with Crippen LogP contribution in [0.3, 0.4) is 0 Å². The molecule has 0 spiro atoms. The molecule has 0 radical (unpaired) electrons. The molecule has 0 aliphatic carbocycles. The summed E-state index contributed by atoms with van der Waals surface area (Å²) in [5, 5.41) is 10.9. The molecule has 8 nitrogen and oxygen atoms in total. The molecule has 136 valence electrons. The van der Waals surface area contributed by atoms with Crippen molar-refractivity contribution in [2.75, 3.05) is 0 Å². The van der Waals surface area contributed by atoms with Crippen LogP contribution in [0.5, 0.6) is 5.75 Å². The maximum absolute atomic E-state index is 12.5. The quantitative estimate of drug-likeness (QED) is 0.679.